The number of rotatable bonds is 2. The molecule has 3 rings (SSSR count). The van der Waals surface area contributed by atoms with E-state index in [0.29, 0.717) is 12.0 Å². The predicted molar refractivity (Wildman–Crippen MR) is 92.6 cm³/mol. The lowest BCUT2D eigenvalue weighted by Crippen LogP contribution is -2.27. The second-order valence-electron chi connectivity index (χ2n) is 6.11. The van der Waals surface area contributed by atoms with Gasteiger partial charge < -0.3 is 10.2 Å². The molecule has 2 atom stereocenters. The molecule has 20 heavy (non-hydrogen) atoms. The minimum Gasteiger partial charge on any atom is -0.385 e. The number of thiol groups is 2. The fourth-order valence-electron chi connectivity index (χ4n) is 3.62. The fourth-order valence-corrected chi connectivity index (χ4v) is 4.34. The van der Waals surface area contributed by atoms with Crippen molar-refractivity contribution in [2.24, 2.45) is 0 Å². The van der Waals surface area contributed by atoms with Gasteiger partial charge in [-0.3, -0.25) is 0 Å². The van der Waals surface area contributed by atoms with Crippen LogP contribution in [0.1, 0.15) is 36.3 Å². The molecule has 1 unspecified atom stereocenters. The molecule has 5 heteroatoms. The Bertz CT molecular complexity index is 547. The Morgan fingerprint density at radius 3 is 2.75 bits per heavy atom. The highest BCUT2D eigenvalue weighted by atomic mass is 32.1. The zero-order chi connectivity index (χ0) is 14.4. The van der Waals surface area contributed by atoms with Gasteiger partial charge in [0.05, 0.1) is 0 Å². The summed E-state index contributed by atoms with van der Waals surface area (Å²) in [5.41, 5.74) is 4.25. The van der Waals surface area contributed by atoms with Gasteiger partial charge in [0.1, 0.15) is 7.85 Å². The molecule has 0 spiro atoms. The summed E-state index contributed by atoms with van der Waals surface area (Å²) in [5.74, 6) is 0.512. The highest BCUT2D eigenvalue weighted by Crippen LogP contribution is 2.42. The highest BCUT2D eigenvalue weighted by Gasteiger charge is 2.32. The number of nitrogens with one attached hydrogen (secondary N) is 1. The summed E-state index contributed by atoms with van der Waals surface area (Å²) in [4.78, 5) is 4.41. The zero-order valence-corrected chi connectivity index (χ0v) is 13.9. The predicted octanol–water partition coefficient (Wildman–Crippen LogP) is 2.36. The van der Waals surface area contributed by atoms with Gasteiger partial charge in [0.25, 0.3) is 0 Å². The number of likely N-dealkylation sites (tertiary alicyclic amines) is 1. The molecule has 106 valence electrons. The van der Waals surface area contributed by atoms with E-state index in [9.17, 15) is 0 Å². The topological polar surface area (TPSA) is 15.3 Å². The van der Waals surface area contributed by atoms with Crippen molar-refractivity contribution < 1.29 is 0 Å². The maximum Gasteiger partial charge on any atom is 0.118 e. The van der Waals surface area contributed by atoms with Crippen LogP contribution in [0.4, 0.5) is 5.69 Å². The molecule has 1 saturated heterocycles. The average molecular weight is 304 g/mol. The van der Waals surface area contributed by atoms with Crippen LogP contribution in [0.15, 0.2) is 9.79 Å². The first-order valence-corrected chi connectivity index (χ1v) is 8.18. The molecule has 0 aliphatic carbocycles. The Morgan fingerprint density at radius 1 is 1.35 bits per heavy atom. The molecule has 1 N–H and O–H groups in total. The Hall–Kier alpha value is -0.255. The van der Waals surface area contributed by atoms with Crippen molar-refractivity contribution in [2.45, 2.75) is 47.9 Å². The molecule has 0 aromatic heterocycles. The largest absolute Gasteiger partial charge is 0.385 e. The average Bonchev–Trinajstić information content (AvgIpc) is 3.02. The molecule has 2 radical (unpaired) electrons. The number of fused-ring (bicyclic) bond motifs is 1. The van der Waals surface area contributed by atoms with Gasteiger partial charge in [0, 0.05) is 34.0 Å². The normalized spacial score (nSPS) is 25.8. The van der Waals surface area contributed by atoms with E-state index in [0.717, 1.165) is 33.0 Å². The summed E-state index contributed by atoms with van der Waals surface area (Å²) in [5, 5.41) is 3.47. The molecular formula is C15H21BN2S2. The first kappa shape index (κ1) is 14.7. The SMILES string of the molecule is [B]c1c(S)c(C)c(S)c2c1NCC2C[C@H]1CCCN1C. The summed E-state index contributed by atoms with van der Waals surface area (Å²) in [6.45, 7) is 4.24. The van der Waals surface area contributed by atoms with Crippen LogP contribution in [0.2, 0.25) is 0 Å². The number of anilines is 1. The molecule has 2 nitrogen and oxygen atoms in total. The number of nitrogens with zero attached hydrogens (tertiary/aromatic N) is 1. The molecule has 0 bridgehead atoms. The van der Waals surface area contributed by atoms with E-state index in [1.54, 1.807) is 0 Å². The van der Waals surface area contributed by atoms with Crippen LogP contribution >= 0.6 is 25.3 Å². The maximum absolute atomic E-state index is 6.22. The van der Waals surface area contributed by atoms with Crippen LogP contribution in [0.3, 0.4) is 0 Å². The van der Waals surface area contributed by atoms with Crippen LogP contribution in [-0.2, 0) is 0 Å². The van der Waals surface area contributed by atoms with Gasteiger partial charge in [-0.25, -0.2) is 0 Å². The summed E-state index contributed by atoms with van der Waals surface area (Å²) in [6, 6.07) is 0.692. The van der Waals surface area contributed by atoms with E-state index < -0.39 is 0 Å². The number of benzene rings is 1. The lowest BCUT2D eigenvalue weighted by atomic mass is 9.85. The van der Waals surface area contributed by atoms with E-state index in [1.807, 2.05) is 0 Å². The molecule has 0 saturated carbocycles. The van der Waals surface area contributed by atoms with Crippen molar-refractivity contribution in [1.82, 2.24) is 4.90 Å². The van der Waals surface area contributed by atoms with E-state index in [1.165, 1.54) is 31.4 Å². The van der Waals surface area contributed by atoms with Crippen molar-refractivity contribution in [3.05, 3.63) is 11.1 Å². The van der Waals surface area contributed by atoms with Crippen molar-refractivity contribution >= 4 is 44.3 Å². The summed E-state index contributed by atoms with van der Waals surface area (Å²) < 4.78 is 0. The van der Waals surface area contributed by atoms with Crippen molar-refractivity contribution in [2.75, 3.05) is 25.5 Å². The zero-order valence-electron chi connectivity index (χ0n) is 12.1. The van der Waals surface area contributed by atoms with Gasteiger partial charge >= 0.3 is 0 Å². The minimum atomic E-state index is 0.512. The molecular weight excluding hydrogens is 283 g/mol. The molecule has 2 aliphatic heterocycles. The lowest BCUT2D eigenvalue weighted by molar-refractivity contribution is 0.284. The fraction of sp³-hybridized carbons (Fsp3) is 0.600. The first-order valence-electron chi connectivity index (χ1n) is 7.28. The Morgan fingerprint density at radius 2 is 2.10 bits per heavy atom. The van der Waals surface area contributed by atoms with Gasteiger partial charge in [-0.2, -0.15) is 0 Å². The standard InChI is InChI=1S/C15H21BN2S2/c1-8-14(19)11-9(6-10-4-3-5-18(10)2)7-17-13(11)12(16)15(8)20/h9-10,17,19-20H,3-7H2,1-2H3/t9?,10-/m1/s1. The first-order chi connectivity index (χ1) is 9.50. The van der Waals surface area contributed by atoms with Crippen LogP contribution in [-0.4, -0.2) is 38.9 Å². The summed E-state index contributed by atoms with van der Waals surface area (Å²) in [6.07, 6.45) is 3.82. The maximum atomic E-state index is 6.22. The summed E-state index contributed by atoms with van der Waals surface area (Å²) in [7, 11) is 8.45. The van der Waals surface area contributed by atoms with Gasteiger partial charge in [-0.1, -0.05) is 5.46 Å². The van der Waals surface area contributed by atoms with Crippen LogP contribution in [0.5, 0.6) is 0 Å². The van der Waals surface area contributed by atoms with Crippen LogP contribution < -0.4 is 10.8 Å². The van der Waals surface area contributed by atoms with Gasteiger partial charge in [-0.15, -0.1) is 25.3 Å². The molecule has 0 amide bonds. The lowest BCUT2D eigenvalue weighted by Gasteiger charge is -2.24. The molecule has 1 aromatic rings. The minimum absolute atomic E-state index is 0.512. The molecule has 1 fully saturated rings. The van der Waals surface area contributed by atoms with Gasteiger partial charge in [-0.05, 0) is 50.9 Å². The second kappa shape index (κ2) is 5.50. The smallest absolute Gasteiger partial charge is 0.118 e. The van der Waals surface area contributed by atoms with Crippen molar-refractivity contribution in [1.29, 1.82) is 0 Å². The Labute approximate surface area is 133 Å². The van der Waals surface area contributed by atoms with Gasteiger partial charge in [0.15, 0.2) is 0 Å². The number of hydrogen-bond donors (Lipinski definition) is 3. The molecule has 1 aromatic carbocycles. The third kappa shape index (κ3) is 2.28. The Balaban J connectivity index is 1.93. The van der Waals surface area contributed by atoms with Crippen LogP contribution in [0.25, 0.3) is 0 Å². The third-order valence-corrected chi connectivity index (χ3v) is 6.07. The van der Waals surface area contributed by atoms with Gasteiger partial charge in [0.2, 0.25) is 0 Å². The number of hydrogen-bond acceptors (Lipinski definition) is 4. The summed E-state index contributed by atoms with van der Waals surface area (Å²) >= 11 is 9.26. The molecule has 2 heterocycles. The Kier molecular flexibility index (Phi) is 4.04. The quantitative estimate of drug-likeness (QED) is 0.574. The third-order valence-electron chi connectivity index (χ3n) is 4.92. The van der Waals surface area contributed by atoms with Crippen LogP contribution in [0, 0.1) is 6.92 Å². The molecule has 2 aliphatic rings. The van der Waals surface area contributed by atoms with E-state index in [2.05, 4.69) is 36.8 Å². The monoisotopic (exact) mass is 304 g/mol. The van der Waals surface area contributed by atoms with Crippen molar-refractivity contribution in [3.8, 4) is 0 Å². The van der Waals surface area contributed by atoms with E-state index in [4.69, 9.17) is 20.5 Å². The second-order valence-corrected chi connectivity index (χ2v) is 7.01. The van der Waals surface area contributed by atoms with E-state index in [-0.39, 0.29) is 0 Å². The van der Waals surface area contributed by atoms with Crippen molar-refractivity contribution in [3.63, 3.8) is 0 Å². The highest BCUT2D eigenvalue weighted by molar-refractivity contribution is 7.81. The van der Waals surface area contributed by atoms with E-state index >= 15 is 0 Å².